The lowest BCUT2D eigenvalue weighted by atomic mass is 10.2. The number of rotatable bonds is 5. The van der Waals surface area contributed by atoms with E-state index >= 15 is 0 Å². The van der Waals surface area contributed by atoms with Gasteiger partial charge in [0.1, 0.15) is 0 Å². The highest BCUT2D eigenvalue weighted by Crippen LogP contribution is 2.00. The van der Waals surface area contributed by atoms with E-state index in [1.807, 2.05) is 18.2 Å². The first-order chi connectivity index (χ1) is 6.83. The lowest BCUT2D eigenvalue weighted by molar-refractivity contribution is -0.122. The number of carbonyl (C=O) groups excluding carboxylic acids is 1. The molecule has 1 aromatic heterocycles. The minimum atomic E-state index is 0.0171. The monoisotopic (exact) mass is 193 g/mol. The first-order valence-electron chi connectivity index (χ1n) is 4.68. The molecule has 0 saturated carbocycles. The largest absolute Gasteiger partial charge is 0.292 e. The SMILES string of the molecule is CNNC(=O)CCCc1ccccn1. The van der Waals surface area contributed by atoms with Gasteiger partial charge in [-0.2, -0.15) is 0 Å². The summed E-state index contributed by atoms with van der Waals surface area (Å²) in [5, 5.41) is 0. The van der Waals surface area contributed by atoms with Gasteiger partial charge in [-0.05, 0) is 25.0 Å². The standard InChI is InChI=1S/C10H15N3O/c1-11-13-10(14)7-4-6-9-5-2-3-8-12-9/h2-3,5,8,11H,4,6-7H2,1H3,(H,13,14). The predicted octanol–water partition coefficient (Wildman–Crippen LogP) is 0.655. The van der Waals surface area contributed by atoms with Crippen LogP contribution in [0.3, 0.4) is 0 Å². The van der Waals surface area contributed by atoms with Crippen LogP contribution in [0.1, 0.15) is 18.5 Å². The summed E-state index contributed by atoms with van der Waals surface area (Å²) in [6.45, 7) is 0. The number of carbonyl (C=O) groups is 1. The van der Waals surface area contributed by atoms with Crippen molar-refractivity contribution in [2.24, 2.45) is 0 Å². The van der Waals surface area contributed by atoms with Crippen molar-refractivity contribution >= 4 is 5.91 Å². The van der Waals surface area contributed by atoms with Crippen LogP contribution in [0.15, 0.2) is 24.4 Å². The molecular weight excluding hydrogens is 178 g/mol. The van der Waals surface area contributed by atoms with E-state index in [4.69, 9.17) is 0 Å². The van der Waals surface area contributed by atoms with Gasteiger partial charge in [0, 0.05) is 25.4 Å². The van der Waals surface area contributed by atoms with Crippen LogP contribution in [0.2, 0.25) is 0 Å². The van der Waals surface area contributed by atoms with Crippen molar-refractivity contribution in [3.63, 3.8) is 0 Å². The number of nitrogens with one attached hydrogen (secondary N) is 2. The summed E-state index contributed by atoms with van der Waals surface area (Å²) in [5.74, 6) is 0.0171. The highest BCUT2D eigenvalue weighted by atomic mass is 16.2. The summed E-state index contributed by atoms with van der Waals surface area (Å²) in [7, 11) is 1.68. The third-order valence-corrected chi connectivity index (χ3v) is 1.83. The predicted molar refractivity (Wildman–Crippen MR) is 54.4 cm³/mol. The molecule has 1 heterocycles. The molecule has 1 amide bonds. The van der Waals surface area contributed by atoms with E-state index < -0.39 is 0 Å². The third-order valence-electron chi connectivity index (χ3n) is 1.83. The lowest BCUT2D eigenvalue weighted by Gasteiger charge is -2.02. The first-order valence-corrected chi connectivity index (χ1v) is 4.68. The van der Waals surface area contributed by atoms with Gasteiger partial charge in [0.05, 0.1) is 0 Å². The van der Waals surface area contributed by atoms with E-state index in [0.717, 1.165) is 18.5 Å². The van der Waals surface area contributed by atoms with E-state index in [1.54, 1.807) is 13.2 Å². The van der Waals surface area contributed by atoms with Gasteiger partial charge in [0.2, 0.25) is 5.91 Å². The molecule has 0 aromatic carbocycles. The van der Waals surface area contributed by atoms with Crippen molar-refractivity contribution < 1.29 is 4.79 Å². The van der Waals surface area contributed by atoms with Crippen LogP contribution in [0, 0.1) is 0 Å². The quantitative estimate of drug-likeness (QED) is 0.675. The van der Waals surface area contributed by atoms with Crippen LogP contribution in [0.25, 0.3) is 0 Å². The number of hydrazine groups is 1. The maximum absolute atomic E-state index is 11.0. The summed E-state index contributed by atoms with van der Waals surface area (Å²) in [5.41, 5.74) is 6.16. The molecule has 4 nitrogen and oxygen atoms in total. The number of nitrogens with zero attached hydrogens (tertiary/aromatic N) is 1. The molecule has 0 aliphatic carbocycles. The van der Waals surface area contributed by atoms with Crippen molar-refractivity contribution in [2.45, 2.75) is 19.3 Å². The number of pyridine rings is 1. The Morgan fingerprint density at radius 3 is 3.00 bits per heavy atom. The molecule has 1 aromatic rings. The van der Waals surface area contributed by atoms with Crippen molar-refractivity contribution in [3.05, 3.63) is 30.1 Å². The van der Waals surface area contributed by atoms with E-state index in [9.17, 15) is 4.79 Å². The van der Waals surface area contributed by atoms with Gasteiger partial charge in [-0.1, -0.05) is 6.07 Å². The van der Waals surface area contributed by atoms with Gasteiger partial charge in [0.25, 0.3) is 0 Å². The minimum absolute atomic E-state index is 0.0171. The van der Waals surface area contributed by atoms with E-state index in [1.165, 1.54) is 0 Å². The topological polar surface area (TPSA) is 54.0 Å². The Balaban J connectivity index is 2.19. The molecule has 76 valence electrons. The van der Waals surface area contributed by atoms with Crippen LogP contribution in [-0.2, 0) is 11.2 Å². The molecule has 0 radical (unpaired) electrons. The Hall–Kier alpha value is -1.42. The van der Waals surface area contributed by atoms with E-state index in [0.29, 0.717) is 6.42 Å². The normalized spacial score (nSPS) is 9.79. The second-order valence-corrected chi connectivity index (χ2v) is 2.97. The fourth-order valence-electron chi connectivity index (χ4n) is 1.18. The van der Waals surface area contributed by atoms with Gasteiger partial charge in [-0.25, -0.2) is 5.43 Å². The number of hydrogen-bond acceptors (Lipinski definition) is 3. The van der Waals surface area contributed by atoms with E-state index in [2.05, 4.69) is 15.8 Å². The Bertz CT molecular complexity index is 274. The highest BCUT2D eigenvalue weighted by Gasteiger charge is 1.99. The number of hydrogen-bond donors (Lipinski definition) is 2. The van der Waals surface area contributed by atoms with Gasteiger partial charge >= 0.3 is 0 Å². The molecule has 0 bridgehead atoms. The average Bonchev–Trinajstić information content (AvgIpc) is 2.20. The maximum atomic E-state index is 11.0. The van der Waals surface area contributed by atoms with Gasteiger partial charge in [0.15, 0.2) is 0 Å². The zero-order chi connectivity index (χ0) is 10.2. The van der Waals surface area contributed by atoms with Crippen LogP contribution in [0.5, 0.6) is 0 Å². The van der Waals surface area contributed by atoms with E-state index in [-0.39, 0.29) is 5.91 Å². The highest BCUT2D eigenvalue weighted by molar-refractivity contribution is 5.75. The average molecular weight is 193 g/mol. The number of aromatic nitrogens is 1. The van der Waals surface area contributed by atoms with Crippen LogP contribution < -0.4 is 10.9 Å². The molecule has 0 aliphatic heterocycles. The molecule has 4 heteroatoms. The lowest BCUT2D eigenvalue weighted by Crippen LogP contribution is -2.33. The molecule has 2 N–H and O–H groups in total. The summed E-state index contributed by atoms with van der Waals surface area (Å²) in [4.78, 5) is 15.2. The fourth-order valence-corrected chi connectivity index (χ4v) is 1.18. The van der Waals surface area contributed by atoms with Crippen LogP contribution in [0.4, 0.5) is 0 Å². The molecule has 14 heavy (non-hydrogen) atoms. The first kappa shape index (κ1) is 10.7. The summed E-state index contributed by atoms with van der Waals surface area (Å²) in [6, 6.07) is 5.81. The molecule has 0 atom stereocenters. The molecule has 0 spiro atoms. The zero-order valence-electron chi connectivity index (χ0n) is 8.29. The smallest absolute Gasteiger partial charge is 0.234 e. The molecule has 1 rings (SSSR count). The minimum Gasteiger partial charge on any atom is -0.292 e. The summed E-state index contributed by atoms with van der Waals surface area (Å²) < 4.78 is 0. The molecule has 0 aliphatic rings. The van der Waals surface area contributed by atoms with Gasteiger partial charge in [-0.15, -0.1) is 0 Å². The number of aryl methyl sites for hydroxylation is 1. The summed E-state index contributed by atoms with van der Waals surface area (Å²) in [6.07, 6.45) is 3.96. The second-order valence-electron chi connectivity index (χ2n) is 2.97. The second kappa shape index (κ2) is 6.10. The molecule has 0 saturated heterocycles. The molecule has 0 fully saturated rings. The van der Waals surface area contributed by atoms with Gasteiger partial charge < -0.3 is 0 Å². The maximum Gasteiger partial charge on any atom is 0.234 e. The summed E-state index contributed by atoms with van der Waals surface area (Å²) >= 11 is 0. The Labute approximate surface area is 83.7 Å². The van der Waals surface area contributed by atoms with Crippen LogP contribution in [-0.4, -0.2) is 17.9 Å². The van der Waals surface area contributed by atoms with Crippen molar-refractivity contribution in [1.82, 2.24) is 15.8 Å². The molecule has 0 unspecified atom stereocenters. The van der Waals surface area contributed by atoms with Crippen molar-refractivity contribution in [2.75, 3.05) is 7.05 Å². The van der Waals surface area contributed by atoms with Crippen LogP contribution >= 0.6 is 0 Å². The fraction of sp³-hybridized carbons (Fsp3) is 0.400. The van der Waals surface area contributed by atoms with Gasteiger partial charge in [-0.3, -0.25) is 15.2 Å². The Morgan fingerprint density at radius 1 is 1.50 bits per heavy atom. The number of amides is 1. The van der Waals surface area contributed by atoms with Crippen molar-refractivity contribution in [3.8, 4) is 0 Å². The Morgan fingerprint density at radius 2 is 2.36 bits per heavy atom. The zero-order valence-corrected chi connectivity index (χ0v) is 8.29. The Kier molecular flexibility index (Phi) is 4.64. The molecular formula is C10H15N3O. The van der Waals surface area contributed by atoms with Crippen molar-refractivity contribution in [1.29, 1.82) is 0 Å². The third kappa shape index (κ3) is 4.00.